The molecule has 1 aromatic rings. The second-order valence-corrected chi connectivity index (χ2v) is 3.90. The summed E-state index contributed by atoms with van der Waals surface area (Å²) in [4.78, 5) is 11.3. The summed E-state index contributed by atoms with van der Waals surface area (Å²) in [5, 5.41) is 13.2. The van der Waals surface area contributed by atoms with E-state index in [1.54, 1.807) is 0 Å². The van der Waals surface area contributed by atoms with E-state index < -0.39 is 0 Å². The zero-order chi connectivity index (χ0) is 9.84. The first-order valence-corrected chi connectivity index (χ1v) is 4.79. The van der Waals surface area contributed by atoms with Crippen LogP contribution in [-0.2, 0) is 5.11 Å². The SMILES string of the molecule is CC(C)CNC(=O)c1cc([O])sn1. The number of hydrogen-bond donors (Lipinski definition) is 1. The lowest BCUT2D eigenvalue weighted by Gasteiger charge is -2.04. The van der Waals surface area contributed by atoms with Crippen LogP contribution in [0.15, 0.2) is 6.07 Å². The summed E-state index contributed by atoms with van der Waals surface area (Å²) >= 11 is 0.801. The van der Waals surface area contributed by atoms with Gasteiger partial charge in [0.1, 0.15) is 5.69 Å². The highest BCUT2D eigenvalue weighted by molar-refractivity contribution is 7.07. The maximum atomic E-state index is 11.3. The molecule has 0 bridgehead atoms. The van der Waals surface area contributed by atoms with Gasteiger partial charge in [-0.2, -0.15) is 4.37 Å². The Morgan fingerprint density at radius 2 is 2.38 bits per heavy atom. The van der Waals surface area contributed by atoms with E-state index in [9.17, 15) is 9.90 Å². The molecule has 0 aliphatic rings. The average molecular weight is 199 g/mol. The molecule has 1 heterocycles. The maximum Gasteiger partial charge on any atom is 0.271 e. The molecule has 0 saturated carbocycles. The Morgan fingerprint density at radius 3 is 2.85 bits per heavy atom. The molecule has 1 radical (unpaired) electrons. The predicted molar refractivity (Wildman–Crippen MR) is 49.4 cm³/mol. The van der Waals surface area contributed by atoms with Crippen molar-refractivity contribution in [1.82, 2.24) is 9.69 Å². The summed E-state index contributed by atoms with van der Waals surface area (Å²) in [6.07, 6.45) is 0. The largest absolute Gasteiger partial charge is 0.350 e. The number of rotatable bonds is 3. The Labute approximate surface area is 80.8 Å². The van der Waals surface area contributed by atoms with Gasteiger partial charge >= 0.3 is 0 Å². The highest BCUT2D eigenvalue weighted by atomic mass is 32.1. The highest BCUT2D eigenvalue weighted by Gasteiger charge is 2.10. The van der Waals surface area contributed by atoms with Gasteiger partial charge in [-0.1, -0.05) is 13.8 Å². The lowest BCUT2D eigenvalue weighted by atomic mass is 10.2. The summed E-state index contributed by atoms with van der Waals surface area (Å²) in [7, 11) is 0. The van der Waals surface area contributed by atoms with E-state index in [0.717, 1.165) is 11.5 Å². The average Bonchev–Trinajstić information content (AvgIpc) is 2.47. The first-order valence-electron chi connectivity index (χ1n) is 4.01. The fourth-order valence-electron chi connectivity index (χ4n) is 0.753. The third kappa shape index (κ3) is 3.02. The van der Waals surface area contributed by atoms with Crippen molar-refractivity contribution in [3.05, 3.63) is 11.8 Å². The second kappa shape index (κ2) is 4.23. The fourth-order valence-corrected chi connectivity index (χ4v) is 1.24. The molecule has 0 saturated heterocycles. The summed E-state index contributed by atoms with van der Waals surface area (Å²) < 4.78 is 3.71. The van der Waals surface area contributed by atoms with Crippen LogP contribution >= 0.6 is 11.5 Å². The molecule has 71 valence electrons. The topological polar surface area (TPSA) is 61.9 Å². The van der Waals surface area contributed by atoms with Crippen LogP contribution in [-0.4, -0.2) is 16.8 Å². The van der Waals surface area contributed by atoms with Crippen molar-refractivity contribution in [3.63, 3.8) is 0 Å². The van der Waals surface area contributed by atoms with Crippen molar-refractivity contribution in [2.75, 3.05) is 6.54 Å². The van der Waals surface area contributed by atoms with Gasteiger partial charge in [-0.3, -0.25) is 9.90 Å². The molecule has 0 aromatic carbocycles. The van der Waals surface area contributed by atoms with Gasteiger partial charge in [0.15, 0.2) is 0 Å². The minimum atomic E-state index is -0.271. The first-order chi connectivity index (χ1) is 6.09. The smallest absolute Gasteiger partial charge is 0.271 e. The Hall–Kier alpha value is -1.10. The monoisotopic (exact) mass is 199 g/mol. The number of carbonyl (C=O) groups excluding carboxylic acids is 1. The minimum Gasteiger partial charge on any atom is -0.350 e. The van der Waals surface area contributed by atoms with E-state index in [4.69, 9.17) is 0 Å². The summed E-state index contributed by atoms with van der Waals surface area (Å²) in [6.45, 7) is 4.60. The molecule has 4 nitrogen and oxygen atoms in total. The Kier molecular flexibility index (Phi) is 3.25. The van der Waals surface area contributed by atoms with Gasteiger partial charge in [0.2, 0.25) is 0 Å². The molecule has 0 aliphatic heterocycles. The minimum absolute atomic E-state index is 0.185. The van der Waals surface area contributed by atoms with E-state index in [2.05, 4.69) is 9.69 Å². The summed E-state index contributed by atoms with van der Waals surface area (Å²) in [5.74, 6) is 0.126. The van der Waals surface area contributed by atoms with E-state index >= 15 is 0 Å². The van der Waals surface area contributed by atoms with Gasteiger partial charge in [0.25, 0.3) is 11.0 Å². The molecule has 0 aliphatic carbocycles. The molecule has 0 unspecified atom stereocenters. The zero-order valence-electron chi connectivity index (χ0n) is 7.53. The Bertz CT molecular complexity index is 296. The van der Waals surface area contributed by atoms with Crippen LogP contribution in [0.3, 0.4) is 0 Å². The van der Waals surface area contributed by atoms with E-state index in [1.807, 2.05) is 13.8 Å². The standard InChI is InChI=1S/C8H11N2O2S/c1-5(2)4-9-8(12)6-3-7(11)13-10-6/h3,5H,4H2,1-2H3,(H,9,12). The molecule has 1 rings (SSSR count). The summed E-state index contributed by atoms with van der Waals surface area (Å²) in [5.41, 5.74) is 0.218. The molecule has 0 fully saturated rings. The van der Waals surface area contributed by atoms with Crippen LogP contribution in [0.4, 0.5) is 0 Å². The van der Waals surface area contributed by atoms with Crippen molar-refractivity contribution < 1.29 is 9.90 Å². The van der Waals surface area contributed by atoms with Crippen molar-refractivity contribution in [1.29, 1.82) is 0 Å². The van der Waals surface area contributed by atoms with Crippen molar-refractivity contribution in [2.24, 2.45) is 5.92 Å². The van der Waals surface area contributed by atoms with E-state index in [-0.39, 0.29) is 16.7 Å². The fraction of sp³-hybridized carbons (Fsp3) is 0.500. The number of hydrogen-bond acceptors (Lipinski definition) is 3. The molecule has 1 amide bonds. The molecular formula is C8H11N2O2S. The van der Waals surface area contributed by atoms with E-state index in [0.29, 0.717) is 12.5 Å². The Morgan fingerprint density at radius 1 is 1.69 bits per heavy atom. The lowest BCUT2D eigenvalue weighted by Crippen LogP contribution is -2.27. The van der Waals surface area contributed by atoms with Gasteiger partial charge in [-0.15, -0.1) is 0 Å². The Balaban J connectivity index is 2.49. The van der Waals surface area contributed by atoms with Crippen molar-refractivity contribution >= 4 is 17.4 Å². The van der Waals surface area contributed by atoms with Crippen LogP contribution in [0, 0.1) is 5.92 Å². The normalized spacial score (nSPS) is 10.4. The molecule has 13 heavy (non-hydrogen) atoms. The molecule has 1 N–H and O–H groups in total. The number of carbonyl (C=O) groups is 1. The predicted octanol–water partition coefficient (Wildman–Crippen LogP) is 1.67. The second-order valence-electron chi connectivity index (χ2n) is 3.14. The molecule has 0 spiro atoms. The molecule has 0 atom stereocenters. The van der Waals surface area contributed by atoms with Crippen LogP contribution in [0.5, 0.6) is 5.06 Å². The summed E-state index contributed by atoms with van der Waals surface area (Å²) in [6, 6.07) is 1.25. The van der Waals surface area contributed by atoms with Crippen molar-refractivity contribution in [2.45, 2.75) is 13.8 Å². The maximum absolute atomic E-state index is 11.3. The molecular weight excluding hydrogens is 188 g/mol. The van der Waals surface area contributed by atoms with Crippen LogP contribution in [0.25, 0.3) is 0 Å². The first kappa shape index (κ1) is 9.98. The van der Waals surface area contributed by atoms with Crippen LogP contribution < -0.4 is 5.32 Å². The molecule has 1 aromatic heterocycles. The van der Waals surface area contributed by atoms with Crippen LogP contribution in [0.1, 0.15) is 24.3 Å². The van der Waals surface area contributed by atoms with Gasteiger partial charge in [-0.05, 0) is 5.92 Å². The van der Waals surface area contributed by atoms with E-state index in [1.165, 1.54) is 6.07 Å². The lowest BCUT2D eigenvalue weighted by molar-refractivity contribution is 0.0945. The molecule has 5 heteroatoms. The number of nitrogens with zero attached hydrogens (tertiary/aromatic N) is 1. The van der Waals surface area contributed by atoms with Gasteiger partial charge in [0, 0.05) is 24.1 Å². The number of nitrogens with one attached hydrogen (secondary N) is 1. The number of aromatic nitrogens is 1. The highest BCUT2D eigenvalue weighted by Crippen LogP contribution is 2.17. The quantitative estimate of drug-likeness (QED) is 0.804. The van der Waals surface area contributed by atoms with Crippen LogP contribution in [0.2, 0.25) is 0 Å². The van der Waals surface area contributed by atoms with Gasteiger partial charge < -0.3 is 5.32 Å². The van der Waals surface area contributed by atoms with Gasteiger partial charge in [-0.25, -0.2) is 0 Å². The van der Waals surface area contributed by atoms with Gasteiger partial charge in [0.05, 0.1) is 0 Å². The third-order valence-corrected chi connectivity index (χ3v) is 1.98. The number of amides is 1. The van der Waals surface area contributed by atoms with Crippen molar-refractivity contribution in [3.8, 4) is 5.06 Å². The third-order valence-electron chi connectivity index (χ3n) is 1.39. The zero-order valence-corrected chi connectivity index (χ0v) is 8.35.